The van der Waals surface area contributed by atoms with E-state index in [1.54, 1.807) is 11.3 Å². The van der Waals surface area contributed by atoms with Gasteiger partial charge in [-0.3, -0.25) is 9.89 Å². The number of hydrogen-bond acceptors (Lipinski definition) is 4. The standard InChI is InChI=1S/C16H31N5S.HI/c1-6-14-12-19-15(22-14)9-10-18-16(17-5)20-11-13(4)21(7-2)8-3;/h12-13H,6-11H2,1-5H3,(H2,17,18,20);1H. The molecule has 1 heterocycles. The number of guanidine groups is 1. The number of aromatic nitrogens is 1. The van der Waals surface area contributed by atoms with Crippen LogP contribution in [0.4, 0.5) is 0 Å². The smallest absolute Gasteiger partial charge is 0.191 e. The van der Waals surface area contributed by atoms with Gasteiger partial charge in [-0.05, 0) is 26.4 Å². The first-order valence-electron chi connectivity index (χ1n) is 8.26. The second-order valence-electron chi connectivity index (χ2n) is 5.27. The summed E-state index contributed by atoms with van der Waals surface area (Å²) >= 11 is 1.80. The second-order valence-corrected chi connectivity index (χ2v) is 6.47. The number of aliphatic imine (C=N–C) groups is 1. The number of likely N-dealkylation sites (N-methyl/N-ethyl adjacent to an activating group) is 1. The van der Waals surface area contributed by atoms with Crippen LogP contribution >= 0.6 is 35.3 Å². The highest BCUT2D eigenvalue weighted by Gasteiger charge is 2.10. The lowest BCUT2D eigenvalue weighted by atomic mass is 10.3. The van der Waals surface area contributed by atoms with E-state index in [1.807, 2.05) is 13.2 Å². The van der Waals surface area contributed by atoms with E-state index in [1.165, 1.54) is 9.88 Å². The predicted molar refractivity (Wildman–Crippen MR) is 112 cm³/mol. The molecule has 7 heteroatoms. The van der Waals surface area contributed by atoms with E-state index in [2.05, 4.69) is 53.2 Å². The molecule has 1 atom stereocenters. The first kappa shape index (κ1) is 22.6. The van der Waals surface area contributed by atoms with E-state index in [-0.39, 0.29) is 24.0 Å². The highest BCUT2D eigenvalue weighted by Crippen LogP contribution is 2.13. The summed E-state index contributed by atoms with van der Waals surface area (Å²) < 4.78 is 0. The summed E-state index contributed by atoms with van der Waals surface area (Å²) in [4.78, 5) is 12.5. The number of halogens is 1. The van der Waals surface area contributed by atoms with Gasteiger partial charge in [-0.25, -0.2) is 4.98 Å². The van der Waals surface area contributed by atoms with Crippen LogP contribution in [0.5, 0.6) is 0 Å². The number of nitrogens with zero attached hydrogens (tertiary/aromatic N) is 3. The topological polar surface area (TPSA) is 52.6 Å². The minimum Gasteiger partial charge on any atom is -0.356 e. The van der Waals surface area contributed by atoms with Crippen molar-refractivity contribution < 1.29 is 0 Å². The molecular formula is C16H32IN5S. The van der Waals surface area contributed by atoms with Crippen molar-refractivity contribution in [2.24, 2.45) is 4.99 Å². The Bertz CT molecular complexity index is 445. The number of hydrogen-bond donors (Lipinski definition) is 2. The van der Waals surface area contributed by atoms with Gasteiger partial charge >= 0.3 is 0 Å². The van der Waals surface area contributed by atoms with Crippen molar-refractivity contribution in [3.8, 4) is 0 Å². The quantitative estimate of drug-likeness (QED) is 0.343. The molecule has 134 valence electrons. The van der Waals surface area contributed by atoms with Gasteiger partial charge in [-0.2, -0.15) is 0 Å². The maximum Gasteiger partial charge on any atom is 0.191 e. The minimum absolute atomic E-state index is 0. The van der Waals surface area contributed by atoms with Crippen LogP contribution in [0.3, 0.4) is 0 Å². The molecule has 0 saturated carbocycles. The molecule has 0 bridgehead atoms. The van der Waals surface area contributed by atoms with Gasteiger partial charge in [0, 0.05) is 43.7 Å². The maximum absolute atomic E-state index is 4.44. The van der Waals surface area contributed by atoms with Gasteiger partial charge in [0.15, 0.2) is 5.96 Å². The summed E-state index contributed by atoms with van der Waals surface area (Å²) in [5.41, 5.74) is 0. The Kier molecular flexibility index (Phi) is 12.7. The average molecular weight is 453 g/mol. The Labute approximate surface area is 162 Å². The van der Waals surface area contributed by atoms with Crippen molar-refractivity contribution in [1.29, 1.82) is 0 Å². The Morgan fingerprint density at radius 2 is 2.00 bits per heavy atom. The van der Waals surface area contributed by atoms with Gasteiger partial charge in [0.1, 0.15) is 0 Å². The molecule has 0 amide bonds. The lowest BCUT2D eigenvalue weighted by Crippen LogP contribution is -2.46. The fourth-order valence-electron chi connectivity index (χ4n) is 2.36. The van der Waals surface area contributed by atoms with Crippen molar-refractivity contribution in [1.82, 2.24) is 20.5 Å². The molecule has 0 aliphatic rings. The fourth-order valence-corrected chi connectivity index (χ4v) is 3.22. The molecule has 1 aromatic rings. The largest absolute Gasteiger partial charge is 0.356 e. The van der Waals surface area contributed by atoms with E-state index in [9.17, 15) is 0 Å². The lowest BCUT2D eigenvalue weighted by Gasteiger charge is -2.27. The van der Waals surface area contributed by atoms with Crippen LogP contribution in [0, 0.1) is 0 Å². The minimum atomic E-state index is 0. The van der Waals surface area contributed by atoms with Crippen LogP contribution in [0.1, 0.15) is 37.6 Å². The molecule has 0 aliphatic carbocycles. The van der Waals surface area contributed by atoms with E-state index in [0.29, 0.717) is 6.04 Å². The Balaban J connectivity index is 0.00000484. The summed E-state index contributed by atoms with van der Waals surface area (Å²) in [5, 5.41) is 7.95. The zero-order valence-electron chi connectivity index (χ0n) is 15.1. The normalized spacial score (nSPS) is 12.9. The van der Waals surface area contributed by atoms with Crippen LogP contribution in [-0.4, -0.2) is 55.1 Å². The molecule has 0 aromatic carbocycles. The summed E-state index contributed by atoms with van der Waals surface area (Å²) in [6, 6.07) is 0.500. The molecule has 2 N–H and O–H groups in total. The first-order chi connectivity index (χ1) is 10.6. The molecule has 0 fully saturated rings. The van der Waals surface area contributed by atoms with E-state index in [0.717, 1.165) is 45.0 Å². The molecule has 1 rings (SSSR count). The van der Waals surface area contributed by atoms with Crippen LogP contribution in [0.2, 0.25) is 0 Å². The van der Waals surface area contributed by atoms with Crippen molar-refractivity contribution >= 4 is 41.3 Å². The highest BCUT2D eigenvalue weighted by atomic mass is 127. The van der Waals surface area contributed by atoms with Crippen LogP contribution in [0.25, 0.3) is 0 Å². The molecule has 23 heavy (non-hydrogen) atoms. The SMILES string of the molecule is CCc1cnc(CCNC(=NC)NCC(C)N(CC)CC)s1.I. The maximum atomic E-state index is 4.44. The molecule has 1 unspecified atom stereocenters. The average Bonchev–Trinajstić information content (AvgIpc) is 2.99. The van der Waals surface area contributed by atoms with E-state index >= 15 is 0 Å². The van der Waals surface area contributed by atoms with Gasteiger partial charge in [0.2, 0.25) is 0 Å². The molecule has 0 radical (unpaired) electrons. The summed E-state index contributed by atoms with van der Waals surface area (Å²) in [5.74, 6) is 0.867. The lowest BCUT2D eigenvalue weighted by molar-refractivity contribution is 0.231. The van der Waals surface area contributed by atoms with Crippen molar-refractivity contribution in [3.63, 3.8) is 0 Å². The molecule has 0 aliphatic heterocycles. The van der Waals surface area contributed by atoms with E-state index in [4.69, 9.17) is 0 Å². The Hall–Kier alpha value is -0.410. The highest BCUT2D eigenvalue weighted by molar-refractivity contribution is 14.0. The zero-order chi connectivity index (χ0) is 16.4. The summed E-state index contributed by atoms with van der Waals surface area (Å²) in [7, 11) is 1.82. The number of rotatable bonds is 9. The van der Waals surface area contributed by atoms with Gasteiger partial charge in [0.05, 0.1) is 5.01 Å². The molecule has 0 spiro atoms. The number of aryl methyl sites for hydroxylation is 1. The zero-order valence-corrected chi connectivity index (χ0v) is 18.2. The third-order valence-electron chi connectivity index (χ3n) is 3.81. The first-order valence-corrected chi connectivity index (χ1v) is 9.08. The Morgan fingerprint density at radius 1 is 1.30 bits per heavy atom. The van der Waals surface area contributed by atoms with Crippen molar-refractivity contribution in [3.05, 3.63) is 16.1 Å². The number of nitrogens with one attached hydrogen (secondary N) is 2. The number of thiazole rings is 1. The van der Waals surface area contributed by atoms with Crippen LogP contribution in [-0.2, 0) is 12.8 Å². The summed E-state index contributed by atoms with van der Waals surface area (Å²) in [6.45, 7) is 12.7. The molecule has 0 saturated heterocycles. The molecule has 1 aromatic heterocycles. The van der Waals surface area contributed by atoms with Crippen LogP contribution < -0.4 is 10.6 Å². The van der Waals surface area contributed by atoms with Crippen molar-refractivity contribution in [2.45, 2.75) is 46.6 Å². The van der Waals surface area contributed by atoms with Gasteiger partial charge in [0.25, 0.3) is 0 Å². The Morgan fingerprint density at radius 3 is 2.52 bits per heavy atom. The fraction of sp³-hybridized carbons (Fsp3) is 0.750. The summed E-state index contributed by atoms with van der Waals surface area (Å²) in [6.07, 6.45) is 3.99. The van der Waals surface area contributed by atoms with Gasteiger partial charge in [-0.1, -0.05) is 20.8 Å². The third-order valence-corrected chi connectivity index (χ3v) is 5.01. The second kappa shape index (κ2) is 12.9. The molecular weight excluding hydrogens is 421 g/mol. The van der Waals surface area contributed by atoms with E-state index < -0.39 is 0 Å². The monoisotopic (exact) mass is 453 g/mol. The van der Waals surface area contributed by atoms with Crippen LogP contribution in [0.15, 0.2) is 11.2 Å². The third kappa shape index (κ3) is 8.30. The predicted octanol–water partition coefficient (Wildman–Crippen LogP) is 2.76. The van der Waals surface area contributed by atoms with Crippen molar-refractivity contribution in [2.75, 3.05) is 33.2 Å². The van der Waals surface area contributed by atoms with Gasteiger partial charge < -0.3 is 10.6 Å². The van der Waals surface area contributed by atoms with Gasteiger partial charge in [-0.15, -0.1) is 35.3 Å². The molecule has 5 nitrogen and oxygen atoms in total.